The van der Waals surface area contributed by atoms with Crippen molar-refractivity contribution in [3.63, 3.8) is 0 Å². The molecule has 2 heterocycles. The van der Waals surface area contributed by atoms with Crippen LogP contribution >= 0.6 is 11.6 Å². The minimum atomic E-state index is -0.318. The van der Waals surface area contributed by atoms with E-state index in [-0.39, 0.29) is 17.5 Å². The van der Waals surface area contributed by atoms with Gasteiger partial charge in [0.25, 0.3) is 0 Å². The third kappa shape index (κ3) is 3.87. The number of benzene rings is 3. The largest absolute Gasteiger partial charge is 0.381 e. The molecule has 1 atom stereocenters. The van der Waals surface area contributed by atoms with Gasteiger partial charge in [-0.2, -0.15) is 5.10 Å². The van der Waals surface area contributed by atoms with Gasteiger partial charge in [-0.3, -0.25) is 4.79 Å². The average Bonchev–Trinajstić information content (AvgIpc) is 3.42. The Labute approximate surface area is 184 Å². The molecule has 1 fully saturated rings. The Balaban J connectivity index is 1.64. The monoisotopic (exact) mass is 434 g/mol. The van der Waals surface area contributed by atoms with Crippen LogP contribution in [-0.4, -0.2) is 28.8 Å². The zero-order valence-corrected chi connectivity index (χ0v) is 17.5. The third-order valence-corrected chi connectivity index (χ3v) is 6.03. The first-order valence-electron chi connectivity index (χ1n) is 10.2. The summed E-state index contributed by atoms with van der Waals surface area (Å²) in [6, 6.07) is 19.3. The highest BCUT2D eigenvalue weighted by Crippen LogP contribution is 2.34. The summed E-state index contributed by atoms with van der Waals surface area (Å²) in [5.41, 5.74) is 3.63. The molecule has 6 heteroatoms. The second-order valence-corrected chi connectivity index (χ2v) is 8.21. The topological polar surface area (TPSA) is 44.1 Å². The lowest BCUT2D eigenvalue weighted by molar-refractivity contribution is 0.0953. The fourth-order valence-corrected chi connectivity index (χ4v) is 4.27. The number of rotatable bonds is 5. The van der Waals surface area contributed by atoms with Crippen LogP contribution in [0.1, 0.15) is 23.2 Å². The van der Waals surface area contributed by atoms with E-state index in [1.54, 1.807) is 16.8 Å². The van der Waals surface area contributed by atoms with Crippen molar-refractivity contribution in [1.29, 1.82) is 0 Å². The molecular formula is C25H20ClFN2O2. The molecule has 5 rings (SSSR count). The number of Topliss-reactive ketones (excluding diaryl/α,β-unsaturated/α-hetero) is 1. The van der Waals surface area contributed by atoms with Crippen LogP contribution in [0.2, 0.25) is 5.02 Å². The standard InChI is InChI=1S/C25H20ClFN2O2/c26-22-4-2-1-3-20(22)25-21-10-5-17(24(30)13-16-11-12-31-15-16)14-23(21)29(28-25)19-8-6-18(27)7-9-19/h1-10,14,16H,11-13,15H2. The molecule has 0 amide bonds. The first-order valence-corrected chi connectivity index (χ1v) is 10.6. The van der Waals surface area contributed by atoms with E-state index in [4.69, 9.17) is 21.4 Å². The molecule has 0 bridgehead atoms. The number of hydrogen-bond acceptors (Lipinski definition) is 3. The fourth-order valence-electron chi connectivity index (χ4n) is 4.04. The maximum atomic E-state index is 13.5. The summed E-state index contributed by atoms with van der Waals surface area (Å²) in [5.74, 6) is 0.0358. The molecule has 1 saturated heterocycles. The molecule has 1 unspecified atom stereocenters. The zero-order chi connectivity index (χ0) is 21.4. The molecule has 1 aromatic heterocycles. The smallest absolute Gasteiger partial charge is 0.163 e. The molecule has 0 saturated carbocycles. The summed E-state index contributed by atoms with van der Waals surface area (Å²) in [6.07, 6.45) is 1.38. The Kier molecular flexibility index (Phi) is 5.30. The number of halogens is 2. The minimum Gasteiger partial charge on any atom is -0.381 e. The van der Waals surface area contributed by atoms with E-state index < -0.39 is 0 Å². The van der Waals surface area contributed by atoms with Gasteiger partial charge in [0, 0.05) is 36.1 Å². The number of ketones is 1. The molecular weight excluding hydrogens is 415 g/mol. The van der Waals surface area contributed by atoms with Gasteiger partial charge in [0.15, 0.2) is 5.78 Å². The molecule has 0 aliphatic carbocycles. The number of hydrogen-bond donors (Lipinski definition) is 0. The maximum Gasteiger partial charge on any atom is 0.163 e. The second kappa shape index (κ2) is 8.25. The molecule has 31 heavy (non-hydrogen) atoms. The van der Waals surface area contributed by atoms with Crippen LogP contribution in [0.25, 0.3) is 27.8 Å². The number of carbonyl (C=O) groups excluding carboxylic acids is 1. The van der Waals surface area contributed by atoms with Crippen LogP contribution in [0.3, 0.4) is 0 Å². The molecule has 4 nitrogen and oxygen atoms in total. The third-order valence-electron chi connectivity index (χ3n) is 5.70. The predicted molar refractivity (Wildman–Crippen MR) is 119 cm³/mol. The Bertz CT molecular complexity index is 1260. The van der Waals surface area contributed by atoms with Gasteiger partial charge >= 0.3 is 0 Å². The van der Waals surface area contributed by atoms with Crippen LogP contribution in [0.4, 0.5) is 4.39 Å². The molecule has 156 valence electrons. The Morgan fingerprint density at radius 1 is 1.13 bits per heavy atom. The highest BCUT2D eigenvalue weighted by Gasteiger charge is 2.22. The van der Waals surface area contributed by atoms with Gasteiger partial charge in [0.2, 0.25) is 0 Å². The van der Waals surface area contributed by atoms with Gasteiger partial charge in [-0.05, 0) is 54.8 Å². The highest BCUT2D eigenvalue weighted by molar-refractivity contribution is 6.33. The van der Waals surface area contributed by atoms with E-state index in [2.05, 4.69) is 0 Å². The molecule has 0 spiro atoms. The van der Waals surface area contributed by atoms with Crippen molar-refractivity contribution in [2.24, 2.45) is 5.92 Å². The Hall–Kier alpha value is -3.02. The Morgan fingerprint density at radius 3 is 2.68 bits per heavy atom. The number of aromatic nitrogens is 2. The average molecular weight is 435 g/mol. The second-order valence-electron chi connectivity index (χ2n) is 7.81. The van der Waals surface area contributed by atoms with Crippen LogP contribution < -0.4 is 0 Å². The van der Waals surface area contributed by atoms with Crippen molar-refractivity contribution >= 4 is 28.3 Å². The van der Waals surface area contributed by atoms with Crippen molar-refractivity contribution in [1.82, 2.24) is 9.78 Å². The molecule has 3 aromatic carbocycles. The van der Waals surface area contributed by atoms with Crippen LogP contribution in [0, 0.1) is 11.7 Å². The highest BCUT2D eigenvalue weighted by atomic mass is 35.5. The lowest BCUT2D eigenvalue weighted by Crippen LogP contribution is -2.09. The van der Waals surface area contributed by atoms with E-state index in [0.717, 1.165) is 29.5 Å². The number of ether oxygens (including phenoxy) is 1. The Morgan fingerprint density at radius 2 is 1.94 bits per heavy atom. The van der Waals surface area contributed by atoms with Gasteiger partial charge in [-0.15, -0.1) is 0 Å². The van der Waals surface area contributed by atoms with Crippen LogP contribution in [-0.2, 0) is 4.74 Å². The fraction of sp³-hybridized carbons (Fsp3) is 0.200. The van der Waals surface area contributed by atoms with Gasteiger partial charge in [0.05, 0.1) is 16.2 Å². The quantitative estimate of drug-likeness (QED) is 0.357. The van der Waals surface area contributed by atoms with E-state index in [1.165, 1.54) is 12.1 Å². The number of carbonyl (C=O) groups is 1. The van der Waals surface area contributed by atoms with E-state index in [1.807, 2.05) is 42.5 Å². The summed E-state index contributed by atoms with van der Waals surface area (Å²) in [6.45, 7) is 1.35. The van der Waals surface area contributed by atoms with Gasteiger partial charge in [-0.1, -0.05) is 35.9 Å². The summed E-state index contributed by atoms with van der Waals surface area (Å²) in [4.78, 5) is 12.9. The molecule has 1 aliphatic heterocycles. The van der Waals surface area contributed by atoms with Crippen molar-refractivity contribution < 1.29 is 13.9 Å². The van der Waals surface area contributed by atoms with E-state index >= 15 is 0 Å². The lowest BCUT2D eigenvalue weighted by Gasteiger charge is -2.08. The normalized spacial score (nSPS) is 16.1. The SMILES string of the molecule is O=C(CC1CCOC1)c1ccc2c(-c3ccccc3Cl)nn(-c3ccc(F)cc3)c2c1. The van der Waals surface area contributed by atoms with Gasteiger partial charge in [-0.25, -0.2) is 9.07 Å². The zero-order valence-electron chi connectivity index (χ0n) is 16.7. The van der Waals surface area contributed by atoms with Crippen molar-refractivity contribution in [2.75, 3.05) is 13.2 Å². The van der Waals surface area contributed by atoms with E-state index in [9.17, 15) is 9.18 Å². The van der Waals surface area contributed by atoms with Crippen molar-refractivity contribution in [2.45, 2.75) is 12.8 Å². The van der Waals surface area contributed by atoms with Crippen LogP contribution in [0.5, 0.6) is 0 Å². The lowest BCUT2D eigenvalue weighted by atomic mass is 9.96. The first kappa shape index (κ1) is 19.9. The van der Waals surface area contributed by atoms with Crippen LogP contribution in [0.15, 0.2) is 66.7 Å². The minimum absolute atomic E-state index is 0.0866. The van der Waals surface area contributed by atoms with Gasteiger partial charge in [0.1, 0.15) is 11.5 Å². The summed E-state index contributed by atoms with van der Waals surface area (Å²) < 4.78 is 20.6. The summed E-state index contributed by atoms with van der Waals surface area (Å²) >= 11 is 6.45. The van der Waals surface area contributed by atoms with E-state index in [0.29, 0.717) is 35.0 Å². The first-order chi connectivity index (χ1) is 15.1. The maximum absolute atomic E-state index is 13.5. The molecule has 1 aliphatic rings. The number of fused-ring (bicyclic) bond motifs is 1. The predicted octanol–water partition coefficient (Wildman–Crippen LogP) is 6.09. The molecule has 4 aromatic rings. The van der Waals surface area contributed by atoms with Crippen molar-refractivity contribution in [3.05, 3.63) is 83.1 Å². The molecule has 0 N–H and O–H groups in total. The molecule has 0 radical (unpaired) electrons. The van der Waals surface area contributed by atoms with Gasteiger partial charge < -0.3 is 4.74 Å². The number of nitrogens with zero attached hydrogens (tertiary/aromatic N) is 2. The van der Waals surface area contributed by atoms with Crippen molar-refractivity contribution in [3.8, 4) is 16.9 Å². The summed E-state index contributed by atoms with van der Waals surface area (Å²) in [5, 5.41) is 6.27. The summed E-state index contributed by atoms with van der Waals surface area (Å²) in [7, 11) is 0.